The highest BCUT2D eigenvalue weighted by molar-refractivity contribution is 7.89. The molecule has 1 aromatic carbocycles. The van der Waals surface area contributed by atoms with Crippen molar-refractivity contribution in [2.45, 2.75) is 18.7 Å². The van der Waals surface area contributed by atoms with E-state index in [-0.39, 0.29) is 4.90 Å². The molecule has 0 fully saturated rings. The van der Waals surface area contributed by atoms with Crippen LogP contribution in [0.1, 0.15) is 11.1 Å². The van der Waals surface area contributed by atoms with Crippen LogP contribution in [0, 0.1) is 13.8 Å². The van der Waals surface area contributed by atoms with Gasteiger partial charge in [0.15, 0.2) is 0 Å². The molecule has 0 aliphatic heterocycles. The SMILES string of the molecule is COC(=O)CNS(=O)(=O)c1cc(C)cc(N)c1C. The van der Waals surface area contributed by atoms with E-state index in [1.165, 1.54) is 13.2 Å². The van der Waals surface area contributed by atoms with Gasteiger partial charge in [0, 0.05) is 5.69 Å². The average Bonchev–Trinajstić information content (AvgIpc) is 2.30. The van der Waals surface area contributed by atoms with E-state index in [1.807, 2.05) is 0 Å². The largest absolute Gasteiger partial charge is 0.468 e. The zero-order valence-electron chi connectivity index (χ0n) is 10.5. The minimum Gasteiger partial charge on any atom is -0.468 e. The van der Waals surface area contributed by atoms with Crippen LogP contribution in [-0.2, 0) is 19.6 Å². The molecule has 0 unspecified atom stereocenters. The van der Waals surface area contributed by atoms with Gasteiger partial charge in [-0.05, 0) is 37.1 Å². The first-order chi connectivity index (χ1) is 8.27. The van der Waals surface area contributed by atoms with Crippen LogP contribution in [-0.4, -0.2) is 28.0 Å². The van der Waals surface area contributed by atoms with Gasteiger partial charge in [-0.15, -0.1) is 0 Å². The maximum Gasteiger partial charge on any atom is 0.320 e. The fourth-order valence-electron chi connectivity index (χ4n) is 1.44. The third-order valence-corrected chi connectivity index (χ3v) is 4.00. The summed E-state index contributed by atoms with van der Waals surface area (Å²) in [5.41, 5.74) is 7.30. The van der Waals surface area contributed by atoms with Gasteiger partial charge in [0.2, 0.25) is 10.0 Å². The minimum absolute atomic E-state index is 0.0731. The molecule has 1 aromatic rings. The molecule has 0 spiro atoms. The zero-order chi connectivity index (χ0) is 13.9. The highest BCUT2D eigenvalue weighted by Crippen LogP contribution is 2.22. The lowest BCUT2D eigenvalue weighted by molar-refractivity contribution is -0.139. The van der Waals surface area contributed by atoms with Crippen LogP contribution in [0.3, 0.4) is 0 Å². The molecule has 0 amide bonds. The van der Waals surface area contributed by atoms with Gasteiger partial charge < -0.3 is 10.5 Å². The Kier molecular flexibility index (Phi) is 4.31. The van der Waals surface area contributed by atoms with Crippen LogP contribution >= 0.6 is 0 Å². The van der Waals surface area contributed by atoms with Crippen molar-refractivity contribution in [3.63, 3.8) is 0 Å². The Hall–Kier alpha value is -1.60. The molecular formula is C11H16N2O4S. The fraction of sp³-hybridized carbons (Fsp3) is 0.364. The lowest BCUT2D eigenvalue weighted by Gasteiger charge is -2.11. The van der Waals surface area contributed by atoms with Gasteiger partial charge in [0.1, 0.15) is 6.54 Å². The van der Waals surface area contributed by atoms with Gasteiger partial charge in [0.05, 0.1) is 12.0 Å². The second-order valence-electron chi connectivity index (χ2n) is 3.88. The van der Waals surface area contributed by atoms with Gasteiger partial charge in [-0.3, -0.25) is 4.79 Å². The van der Waals surface area contributed by atoms with Crippen molar-refractivity contribution >= 4 is 21.7 Å². The monoisotopic (exact) mass is 272 g/mol. The number of rotatable bonds is 4. The summed E-state index contributed by atoms with van der Waals surface area (Å²) in [6, 6.07) is 3.19. The van der Waals surface area contributed by atoms with Gasteiger partial charge in [-0.1, -0.05) is 0 Å². The summed E-state index contributed by atoms with van der Waals surface area (Å²) in [6.45, 7) is 2.95. The van der Waals surface area contributed by atoms with E-state index in [0.717, 1.165) is 5.56 Å². The summed E-state index contributed by atoms with van der Waals surface area (Å²) < 4.78 is 30.5. The number of hydrogen-bond acceptors (Lipinski definition) is 5. The molecule has 100 valence electrons. The molecule has 0 atom stereocenters. The number of benzene rings is 1. The van der Waals surface area contributed by atoms with Crippen molar-refractivity contribution < 1.29 is 17.9 Å². The van der Waals surface area contributed by atoms with E-state index in [2.05, 4.69) is 9.46 Å². The molecule has 6 nitrogen and oxygen atoms in total. The Balaban J connectivity index is 3.09. The number of carbonyl (C=O) groups excluding carboxylic acids is 1. The van der Waals surface area contributed by atoms with E-state index >= 15 is 0 Å². The molecule has 0 aliphatic carbocycles. The summed E-state index contributed by atoms with van der Waals surface area (Å²) in [5.74, 6) is -0.656. The Morgan fingerprint density at radius 2 is 2.00 bits per heavy atom. The molecule has 0 radical (unpaired) electrons. The molecule has 18 heavy (non-hydrogen) atoms. The first kappa shape index (κ1) is 14.5. The van der Waals surface area contributed by atoms with Crippen LogP contribution in [0.5, 0.6) is 0 Å². The van der Waals surface area contributed by atoms with Crippen LogP contribution in [0.25, 0.3) is 0 Å². The Labute approximate surface area is 106 Å². The van der Waals surface area contributed by atoms with E-state index in [1.54, 1.807) is 19.9 Å². The van der Waals surface area contributed by atoms with Crippen molar-refractivity contribution in [3.05, 3.63) is 23.3 Å². The van der Waals surface area contributed by atoms with Crippen LogP contribution in [0.4, 0.5) is 5.69 Å². The molecule has 0 aliphatic rings. The Bertz CT molecular complexity index is 567. The van der Waals surface area contributed by atoms with E-state index < -0.39 is 22.5 Å². The number of aryl methyl sites for hydroxylation is 1. The summed E-state index contributed by atoms with van der Waals surface area (Å²) >= 11 is 0. The number of methoxy groups -OCH3 is 1. The van der Waals surface area contributed by atoms with E-state index in [4.69, 9.17) is 5.73 Å². The van der Waals surface area contributed by atoms with Crippen LogP contribution in [0.15, 0.2) is 17.0 Å². The normalized spacial score (nSPS) is 11.3. The number of carbonyl (C=O) groups is 1. The summed E-state index contributed by atoms with van der Waals surface area (Å²) in [4.78, 5) is 11.0. The quantitative estimate of drug-likeness (QED) is 0.608. The Morgan fingerprint density at radius 3 is 2.56 bits per heavy atom. The van der Waals surface area contributed by atoms with Crippen LogP contribution in [0.2, 0.25) is 0 Å². The molecule has 0 aromatic heterocycles. The molecule has 3 N–H and O–H groups in total. The second-order valence-corrected chi connectivity index (χ2v) is 5.61. The average molecular weight is 272 g/mol. The molecule has 0 saturated carbocycles. The van der Waals surface area contributed by atoms with Crippen LogP contribution < -0.4 is 10.5 Å². The van der Waals surface area contributed by atoms with Gasteiger partial charge in [-0.2, -0.15) is 4.72 Å². The summed E-state index contributed by atoms with van der Waals surface area (Å²) in [6.07, 6.45) is 0. The highest BCUT2D eigenvalue weighted by atomic mass is 32.2. The molecular weight excluding hydrogens is 256 g/mol. The van der Waals surface area contributed by atoms with Crippen molar-refractivity contribution in [3.8, 4) is 0 Å². The molecule has 0 heterocycles. The second kappa shape index (κ2) is 5.36. The lowest BCUT2D eigenvalue weighted by Crippen LogP contribution is -2.30. The highest BCUT2D eigenvalue weighted by Gasteiger charge is 2.19. The molecule has 0 saturated heterocycles. The molecule has 0 bridgehead atoms. The predicted octanol–water partition coefficient (Wildman–Crippen LogP) is 0.337. The maximum absolute atomic E-state index is 12.0. The van der Waals surface area contributed by atoms with Gasteiger partial charge in [0.25, 0.3) is 0 Å². The third kappa shape index (κ3) is 3.21. The fourth-order valence-corrected chi connectivity index (χ4v) is 2.76. The number of hydrogen-bond donors (Lipinski definition) is 2. The first-order valence-electron chi connectivity index (χ1n) is 5.21. The number of esters is 1. The van der Waals surface area contributed by atoms with Crippen molar-refractivity contribution in [1.29, 1.82) is 0 Å². The zero-order valence-corrected chi connectivity index (χ0v) is 11.3. The maximum atomic E-state index is 12.0. The first-order valence-corrected chi connectivity index (χ1v) is 6.69. The van der Waals surface area contributed by atoms with Gasteiger partial charge >= 0.3 is 5.97 Å². The molecule has 1 rings (SSSR count). The van der Waals surface area contributed by atoms with Gasteiger partial charge in [-0.25, -0.2) is 8.42 Å². The molecule has 7 heteroatoms. The number of ether oxygens (including phenoxy) is 1. The van der Waals surface area contributed by atoms with Crippen molar-refractivity contribution in [1.82, 2.24) is 4.72 Å². The summed E-state index contributed by atoms with van der Waals surface area (Å²) in [7, 11) is -2.58. The Morgan fingerprint density at radius 1 is 1.39 bits per heavy atom. The number of nitrogens with one attached hydrogen (secondary N) is 1. The topological polar surface area (TPSA) is 98.5 Å². The minimum atomic E-state index is -3.77. The number of anilines is 1. The van der Waals surface area contributed by atoms with Crippen molar-refractivity contribution in [2.24, 2.45) is 0 Å². The van der Waals surface area contributed by atoms with E-state index in [9.17, 15) is 13.2 Å². The third-order valence-electron chi connectivity index (χ3n) is 2.47. The number of sulfonamides is 1. The summed E-state index contributed by atoms with van der Waals surface area (Å²) in [5, 5.41) is 0. The van der Waals surface area contributed by atoms with E-state index in [0.29, 0.717) is 11.3 Å². The smallest absolute Gasteiger partial charge is 0.320 e. The lowest BCUT2D eigenvalue weighted by atomic mass is 10.1. The standard InChI is InChI=1S/C11H16N2O4S/c1-7-4-9(12)8(2)10(5-7)18(15,16)13-6-11(14)17-3/h4-5,13H,6,12H2,1-3H3. The van der Waals surface area contributed by atoms with Crippen molar-refractivity contribution in [2.75, 3.05) is 19.4 Å². The number of nitrogen functional groups attached to an aromatic ring is 1. The number of nitrogens with two attached hydrogens (primary N) is 1. The predicted molar refractivity (Wildman–Crippen MR) is 67.5 cm³/mol.